The molecule has 0 saturated heterocycles. The third-order valence-electron chi connectivity index (χ3n) is 8.46. The maximum absolute atomic E-state index is 10.2. The predicted molar refractivity (Wildman–Crippen MR) is 255 cm³/mol. The van der Waals surface area contributed by atoms with Gasteiger partial charge in [0.05, 0.1) is 40.9 Å². The molecule has 0 fully saturated rings. The van der Waals surface area contributed by atoms with Crippen LogP contribution in [0.15, 0.2) is 121 Å². The zero-order valence-electron chi connectivity index (χ0n) is 37.8. The predicted octanol–water partition coefficient (Wildman–Crippen LogP) is 13.6. The number of aromatic nitrogens is 6. The molecule has 7 aromatic rings. The average Bonchev–Trinajstić information content (AvgIpc) is 3.30. The summed E-state index contributed by atoms with van der Waals surface area (Å²) in [6, 6.07) is 26.8. The molecule has 0 aliphatic rings. The van der Waals surface area contributed by atoms with Crippen LogP contribution in [-0.2, 0) is 28.8 Å². The third-order valence-corrected chi connectivity index (χ3v) is 9.24. The fourth-order valence-corrected chi connectivity index (χ4v) is 6.03. The Hall–Kier alpha value is -5.54. The molecule has 6 heterocycles. The maximum Gasteiger partial charge on any atom is 0.305 e. The molecule has 0 amide bonds. The van der Waals surface area contributed by atoms with Gasteiger partial charge in [-0.15, -0.1) is 11.8 Å². The van der Waals surface area contributed by atoms with Crippen molar-refractivity contribution < 1.29 is 9.53 Å². The van der Waals surface area contributed by atoms with Crippen molar-refractivity contribution in [2.45, 2.75) is 112 Å². The van der Waals surface area contributed by atoms with E-state index < -0.39 is 0 Å². The van der Waals surface area contributed by atoms with Gasteiger partial charge in [-0.3, -0.25) is 34.7 Å². The van der Waals surface area contributed by atoms with Gasteiger partial charge in [0.1, 0.15) is 0 Å². The summed E-state index contributed by atoms with van der Waals surface area (Å²) in [5.41, 5.74) is 10.9. The standard InChI is InChI=1S/C14H16N2.C13H10N2S.C13H14N2.C5H10O2.2C3H8/c1-3-11-5-7-15-13(9-11)14-10-12(4-2)6-8-16-14;1-16-11-8-9-4-2-6-14-12(9)13-10(11)5-3-7-15-13;1-3-11-5-7-15-13(9-11)12-8-10(2)4-6-14-12;1-3-4-5(6)7-2;2*1-3-2/h5-10H,3-4H2,1-2H3;2-8H,1H3;4-9H,3H2,1-2H3;3-4H2,1-2H3;2*3H2,1-2H3. The molecule has 6 aromatic heterocycles. The Balaban J connectivity index is 0.000000271. The Morgan fingerprint density at radius 2 is 0.983 bits per heavy atom. The zero-order valence-corrected chi connectivity index (χ0v) is 38.6. The van der Waals surface area contributed by atoms with Crippen LogP contribution >= 0.6 is 11.8 Å². The van der Waals surface area contributed by atoms with Crippen LogP contribution in [0.5, 0.6) is 0 Å². The summed E-state index contributed by atoms with van der Waals surface area (Å²) in [7, 11) is 1.40. The first-order valence-corrected chi connectivity index (χ1v) is 22.4. The van der Waals surface area contributed by atoms with Gasteiger partial charge in [0.15, 0.2) is 0 Å². The second-order valence-corrected chi connectivity index (χ2v) is 14.6. The molecule has 0 bridgehead atoms. The van der Waals surface area contributed by atoms with Crippen molar-refractivity contribution >= 4 is 39.5 Å². The van der Waals surface area contributed by atoms with Crippen LogP contribution in [0.4, 0.5) is 0 Å². The van der Waals surface area contributed by atoms with Crippen LogP contribution in [0.3, 0.4) is 0 Å². The molecule has 0 spiro atoms. The summed E-state index contributed by atoms with van der Waals surface area (Å²) in [6.45, 7) is 18.9. The maximum atomic E-state index is 10.2. The minimum absolute atomic E-state index is 0.123. The van der Waals surface area contributed by atoms with Crippen molar-refractivity contribution in [1.29, 1.82) is 0 Å². The molecule has 7 rings (SSSR count). The number of carbonyl (C=O) groups is 1. The molecule has 0 aliphatic heterocycles. The number of aryl methyl sites for hydroxylation is 4. The van der Waals surface area contributed by atoms with E-state index in [9.17, 15) is 4.79 Å². The van der Waals surface area contributed by atoms with E-state index in [1.54, 1.807) is 11.8 Å². The lowest BCUT2D eigenvalue weighted by Gasteiger charge is -2.06. The number of thioether (sulfide) groups is 1. The number of hydrogen-bond donors (Lipinski definition) is 0. The molecule has 8 nitrogen and oxygen atoms in total. The highest BCUT2D eigenvalue weighted by Gasteiger charge is 2.07. The summed E-state index contributed by atoms with van der Waals surface area (Å²) in [4.78, 5) is 37.7. The van der Waals surface area contributed by atoms with Gasteiger partial charge < -0.3 is 4.74 Å². The van der Waals surface area contributed by atoms with Gasteiger partial charge in [-0.1, -0.05) is 80.4 Å². The normalized spacial score (nSPS) is 9.85. The summed E-state index contributed by atoms with van der Waals surface area (Å²) in [5, 5.41) is 2.33. The zero-order chi connectivity index (χ0) is 44.1. The van der Waals surface area contributed by atoms with Gasteiger partial charge in [0, 0.05) is 59.3 Å². The largest absolute Gasteiger partial charge is 0.469 e. The van der Waals surface area contributed by atoms with Crippen LogP contribution in [0, 0.1) is 6.92 Å². The van der Waals surface area contributed by atoms with Crippen LogP contribution in [0.2, 0.25) is 0 Å². The number of carbonyl (C=O) groups excluding carboxylic acids is 1. The highest BCUT2D eigenvalue weighted by molar-refractivity contribution is 7.98. The highest BCUT2D eigenvalue weighted by Crippen LogP contribution is 2.30. The second-order valence-electron chi connectivity index (χ2n) is 13.7. The summed E-state index contributed by atoms with van der Waals surface area (Å²) in [6.07, 6.45) is 20.1. The molecule has 0 unspecified atom stereocenters. The number of esters is 1. The highest BCUT2D eigenvalue weighted by atomic mass is 32.2. The van der Waals surface area contributed by atoms with Gasteiger partial charge in [0.2, 0.25) is 0 Å². The Bertz CT molecular complexity index is 2230. The van der Waals surface area contributed by atoms with Crippen molar-refractivity contribution in [3.05, 3.63) is 138 Å². The molecule has 0 radical (unpaired) electrons. The summed E-state index contributed by atoms with van der Waals surface area (Å²) >= 11 is 1.75. The van der Waals surface area contributed by atoms with Crippen molar-refractivity contribution in [3.63, 3.8) is 0 Å². The molecule has 9 heteroatoms. The Labute approximate surface area is 364 Å². The van der Waals surface area contributed by atoms with Crippen molar-refractivity contribution in [1.82, 2.24) is 29.9 Å². The fourth-order valence-electron chi connectivity index (χ4n) is 5.40. The van der Waals surface area contributed by atoms with Gasteiger partial charge in [-0.2, -0.15) is 0 Å². The Kier molecular flexibility index (Phi) is 25.0. The molecule has 0 aliphatic carbocycles. The molecule has 0 atom stereocenters. The van der Waals surface area contributed by atoms with E-state index in [1.807, 2.05) is 80.5 Å². The molecule has 60 heavy (non-hydrogen) atoms. The first-order valence-electron chi connectivity index (χ1n) is 21.2. The van der Waals surface area contributed by atoms with E-state index in [1.165, 1.54) is 52.5 Å². The summed E-state index contributed by atoms with van der Waals surface area (Å²) < 4.78 is 4.35. The average molecular weight is 827 g/mol. The van der Waals surface area contributed by atoms with Crippen molar-refractivity contribution in [3.8, 4) is 22.8 Å². The summed E-state index contributed by atoms with van der Waals surface area (Å²) in [5.74, 6) is -0.123. The van der Waals surface area contributed by atoms with Crippen LogP contribution in [0.25, 0.3) is 44.6 Å². The number of ether oxygens (including phenoxy) is 1. The van der Waals surface area contributed by atoms with Crippen LogP contribution < -0.4 is 0 Å². The van der Waals surface area contributed by atoms with E-state index in [0.717, 1.165) is 64.9 Å². The van der Waals surface area contributed by atoms with Gasteiger partial charge in [-0.05, 0) is 128 Å². The minimum atomic E-state index is -0.123. The van der Waals surface area contributed by atoms with Crippen LogP contribution in [0.1, 0.15) is 103 Å². The third kappa shape index (κ3) is 17.4. The smallest absolute Gasteiger partial charge is 0.305 e. The quantitative estimate of drug-likeness (QED) is 0.0841. The monoisotopic (exact) mass is 826 g/mol. The number of rotatable bonds is 8. The Morgan fingerprint density at radius 1 is 0.550 bits per heavy atom. The topological polar surface area (TPSA) is 104 Å². The van der Waals surface area contributed by atoms with Gasteiger partial charge in [-0.25, -0.2) is 0 Å². The SMILES string of the molecule is CCC.CCC.CCCC(=O)OC.CCc1ccnc(-c2cc(C)ccn2)c1.CCc1ccnc(-c2cc(CC)ccn2)c1.CSc1cc2cccnc2c2ncccc12. The fraction of sp³-hybridized carbons (Fsp3) is 0.353. The van der Waals surface area contributed by atoms with E-state index in [0.29, 0.717) is 6.42 Å². The van der Waals surface area contributed by atoms with Gasteiger partial charge in [0.25, 0.3) is 0 Å². The molecule has 1 aromatic carbocycles. The lowest BCUT2D eigenvalue weighted by Crippen LogP contribution is -1.97. The number of benzene rings is 1. The second kappa shape index (κ2) is 29.6. The number of methoxy groups -OCH3 is 1. The van der Waals surface area contributed by atoms with E-state index >= 15 is 0 Å². The van der Waals surface area contributed by atoms with Crippen molar-refractivity contribution in [2.75, 3.05) is 13.4 Å². The van der Waals surface area contributed by atoms with Gasteiger partial charge >= 0.3 is 5.97 Å². The number of fused-ring (bicyclic) bond motifs is 3. The van der Waals surface area contributed by atoms with E-state index in [2.05, 4.69) is 139 Å². The van der Waals surface area contributed by atoms with E-state index in [4.69, 9.17) is 0 Å². The number of hydrogen-bond acceptors (Lipinski definition) is 9. The molecule has 0 saturated carbocycles. The first kappa shape index (κ1) is 50.6. The minimum Gasteiger partial charge on any atom is -0.469 e. The molecular formula is C51H66N6O2S. The number of nitrogens with zero attached hydrogens (tertiary/aromatic N) is 6. The van der Waals surface area contributed by atoms with Crippen molar-refractivity contribution in [2.24, 2.45) is 0 Å². The molecule has 318 valence electrons. The Morgan fingerprint density at radius 3 is 1.38 bits per heavy atom. The lowest BCUT2D eigenvalue weighted by atomic mass is 10.1. The first-order chi connectivity index (χ1) is 29.2. The molecular weight excluding hydrogens is 761 g/mol. The van der Waals surface area contributed by atoms with E-state index in [-0.39, 0.29) is 5.97 Å². The lowest BCUT2D eigenvalue weighted by molar-refractivity contribution is -0.140. The molecule has 0 N–H and O–H groups in total. The number of pyridine rings is 6. The van der Waals surface area contributed by atoms with Crippen LogP contribution in [-0.4, -0.2) is 49.2 Å².